The fourth-order valence-electron chi connectivity index (χ4n) is 5.20. The summed E-state index contributed by atoms with van der Waals surface area (Å²) in [5, 5.41) is 3.16. The number of rotatable bonds is 3. The third-order valence-corrected chi connectivity index (χ3v) is 8.12. The quantitative estimate of drug-likeness (QED) is 0.248. The molecular formula is C33H24N2OS. The molecule has 5 aromatic carbocycles. The summed E-state index contributed by atoms with van der Waals surface area (Å²) in [4.78, 5) is 5.15. The van der Waals surface area contributed by atoms with Gasteiger partial charge in [-0.05, 0) is 60.9 Å². The van der Waals surface area contributed by atoms with Gasteiger partial charge in [-0.2, -0.15) is 0 Å². The summed E-state index contributed by atoms with van der Waals surface area (Å²) in [6.07, 6.45) is 0. The predicted octanol–water partition coefficient (Wildman–Crippen LogP) is 9.40. The first-order valence-corrected chi connectivity index (χ1v) is 13.2. The number of hydrogen-bond acceptors (Lipinski definition) is 4. The second-order valence-electron chi connectivity index (χ2n) is 9.58. The topological polar surface area (TPSA) is 52.0 Å². The third kappa shape index (κ3) is 3.52. The molecule has 7 aromatic rings. The molecule has 4 heteroatoms. The van der Waals surface area contributed by atoms with Crippen LogP contribution in [-0.2, 0) is 0 Å². The van der Waals surface area contributed by atoms with Crippen molar-refractivity contribution in [3.05, 3.63) is 108 Å². The molecule has 178 valence electrons. The van der Waals surface area contributed by atoms with Gasteiger partial charge >= 0.3 is 0 Å². The van der Waals surface area contributed by atoms with E-state index in [1.807, 2.05) is 36.4 Å². The first-order valence-electron chi connectivity index (χ1n) is 12.3. The van der Waals surface area contributed by atoms with Gasteiger partial charge in [0, 0.05) is 33.2 Å². The Labute approximate surface area is 218 Å². The van der Waals surface area contributed by atoms with E-state index < -0.39 is 0 Å². The van der Waals surface area contributed by atoms with Crippen LogP contribution in [0.1, 0.15) is 11.1 Å². The van der Waals surface area contributed by atoms with Gasteiger partial charge in [-0.15, -0.1) is 11.3 Å². The lowest BCUT2D eigenvalue weighted by Crippen LogP contribution is -1.89. The maximum atomic E-state index is 6.44. The summed E-state index contributed by atoms with van der Waals surface area (Å²) >= 11 is 1.68. The Balaban J connectivity index is 1.57. The number of aryl methyl sites for hydroxylation is 2. The zero-order chi connectivity index (χ0) is 25.1. The average molecular weight is 497 g/mol. The van der Waals surface area contributed by atoms with Crippen molar-refractivity contribution in [1.29, 1.82) is 0 Å². The molecule has 2 heterocycles. The lowest BCUT2D eigenvalue weighted by Gasteiger charge is -2.11. The number of para-hydroxylation sites is 3. The van der Waals surface area contributed by atoms with Crippen molar-refractivity contribution < 1.29 is 4.42 Å². The summed E-state index contributed by atoms with van der Waals surface area (Å²) < 4.78 is 7.57. The van der Waals surface area contributed by atoms with E-state index in [9.17, 15) is 0 Å². The van der Waals surface area contributed by atoms with Gasteiger partial charge < -0.3 is 10.2 Å². The Hall–Kier alpha value is -4.41. The van der Waals surface area contributed by atoms with Crippen molar-refractivity contribution >= 4 is 49.2 Å². The Morgan fingerprint density at radius 3 is 2.38 bits per heavy atom. The molecule has 0 amide bonds. The van der Waals surface area contributed by atoms with Gasteiger partial charge in [0.25, 0.3) is 0 Å². The van der Waals surface area contributed by atoms with Crippen LogP contribution in [0, 0.1) is 13.8 Å². The zero-order valence-electron chi connectivity index (χ0n) is 20.6. The summed E-state index contributed by atoms with van der Waals surface area (Å²) in [6.45, 7) is 4.31. The highest BCUT2D eigenvalue weighted by molar-refractivity contribution is 7.21. The predicted molar refractivity (Wildman–Crippen MR) is 157 cm³/mol. The number of anilines is 1. The van der Waals surface area contributed by atoms with Gasteiger partial charge in [0.15, 0.2) is 0 Å². The molecule has 3 nitrogen and oxygen atoms in total. The van der Waals surface area contributed by atoms with E-state index >= 15 is 0 Å². The van der Waals surface area contributed by atoms with E-state index in [-0.39, 0.29) is 0 Å². The molecule has 0 atom stereocenters. The first-order chi connectivity index (χ1) is 18.1. The number of furan rings is 1. The second kappa shape index (κ2) is 8.32. The molecule has 37 heavy (non-hydrogen) atoms. The summed E-state index contributed by atoms with van der Waals surface area (Å²) in [6, 6.07) is 33.7. The van der Waals surface area contributed by atoms with Gasteiger partial charge in [0.1, 0.15) is 16.2 Å². The van der Waals surface area contributed by atoms with Crippen LogP contribution in [0.5, 0.6) is 0 Å². The number of hydrogen-bond donors (Lipinski definition) is 1. The minimum atomic E-state index is 0.734. The number of fused-ring (bicyclic) bond motifs is 4. The molecule has 0 saturated carbocycles. The first kappa shape index (κ1) is 21.8. The maximum Gasteiger partial charge on any atom is 0.143 e. The maximum absolute atomic E-state index is 6.44. The third-order valence-electron chi connectivity index (χ3n) is 7.08. The number of nitrogen functional groups attached to an aromatic ring is 1. The Morgan fingerprint density at radius 2 is 1.49 bits per heavy atom. The largest absolute Gasteiger partial charge is 0.455 e. The van der Waals surface area contributed by atoms with Gasteiger partial charge in [0.05, 0.1) is 10.2 Å². The van der Waals surface area contributed by atoms with Crippen molar-refractivity contribution in [2.75, 3.05) is 5.73 Å². The van der Waals surface area contributed by atoms with Gasteiger partial charge in [-0.25, -0.2) is 4.98 Å². The molecule has 7 rings (SSSR count). The number of aromatic nitrogens is 1. The highest BCUT2D eigenvalue weighted by Gasteiger charge is 2.19. The van der Waals surface area contributed by atoms with Crippen molar-refractivity contribution in [1.82, 2.24) is 4.98 Å². The molecule has 0 saturated heterocycles. The van der Waals surface area contributed by atoms with Gasteiger partial charge in [-0.1, -0.05) is 72.3 Å². The molecule has 0 aliphatic heterocycles. The highest BCUT2D eigenvalue weighted by atomic mass is 32.1. The lowest BCUT2D eigenvalue weighted by molar-refractivity contribution is 0.670. The fraction of sp³-hybridized carbons (Fsp3) is 0.0606. The Bertz CT molecular complexity index is 1980. The number of thiazole rings is 1. The minimum Gasteiger partial charge on any atom is -0.455 e. The van der Waals surface area contributed by atoms with E-state index in [1.165, 1.54) is 22.3 Å². The fourth-order valence-corrected chi connectivity index (χ4v) is 6.28. The average Bonchev–Trinajstić information content (AvgIpc) is 3.51. The minimum absolute atomic E-state index is 0.734. The van der Waals surface area contributed by atoms with Crippen LogP contribution in [0.25, 0.3) is 65.0 Å². The number of benzene rings is 5. The van der Waals surface area contributed by atoms with Crippen molar-refractivity contribution in [3.8, 4) is 32.8 Å². The van der Waals surface area contributed by atoms with Crippen molar-refractivity contribution in [3.63, 3.8) is 0 Å². The van der Waals surface area contributed by atoms with Crippen LogP contribution in [0.15, 0.2) is 101 Å². The number of nitrogens with two attached hydrogens (primary N) is 1. The van der Waals surface area contributed by atoms with E-state index in [2.05, 4.69) is 74.5 Å². The number of nitrogens with zero attached hydrogens (tertiary/aromatic N) is 1. The van der Waals surface area contributed by atoms with E-state index in [0.717, 1.165) is 59.5 Å². The van der Waals surface area contributed by atoms with Crippen molar-refractivity contribution in [2.24, 2.45) is 0 Å². The molecule has 0 unspecified atom stereocenters. The van der Waals surface area contributed by atoms with E-state index in [4.69, 9.17) is 15.1 Å². The molecule has 0 aliphatic rings. The van der Waals surface area contributed by atoms with Crippen molar-refractivity contribution in [2.45, 2.75) is 13.8 Å². The smallest absolute Gasteiger partial charge is 0.143 e. The molecule has 0 fully saturated rings. The van der Waals surface area contributed by atoms with Crippen LogP contribution in [0.4, 0.5) is 5.69 Å². The molecule has 0 spiro atoms. The Kier molecular flexibility index (Phi) is 4.91. The van der Waals surface area contributed by atoms with Crippen LogP contribution in [0.2, 0.25) is 0 Å². The van der Waals surface area contributed by atoms with Crippen LogP contribution in [0.3, 0.4) is 0 Å². The molecule has 0 radical (unpaired) electrons. The monoisotopic (exact) mass is 496 g/mol. The zero-order valence-corrected chi connectivity index (χ0v) is 21.4. The Morgan fingerprint density at radius 1 is 0.703 bits per heavy atom. The molecule has 0 aliphatic carbocycles. The summed E-state index contributed by atoms with van der Waals surface area (Å²) in [5.41, 5.74) is 17.8. The summed E-state index contributed by atoms with van der Waals surface area (Å²) in [5.74, 6) is 0. The van der Waals surface area contributed by atoms with Gasteiger partial charge in [0.2, 0.25) is 0 Å². The molecular weight excluding hydrogens is 472 g/mol. The molecule has 2 aromatic heterocycles. The highest BCUT2D eigenvalue weighted by Crippen LogP contribution is 2.44. The lowest BCUT2D eigenvalue weighted by atomic mass is 9.94. The normalized spacial score (nSPS) is 11.6. The molecule has 2 N–H and O–H groups in total. The standard InChI is InChI=1S/C33H24N2OS/c1-19-14-15-20(2)26(16-19)21-17-27(24-11-7-10-23-22-8-4-6-13-29(22)36-32(23)24)31-30(18-21)37-33(35-31)25-9-3-5-12-28(25)34/h3-18H,34H2,1-2H3. The SMILES string of the molecule is Cc1ccc(C)c(-c2cc(-c3cccc4c3oc3ccccc34)c3nc(-c4ccccc4N)sc3c2)c1. The van der Waals surface area contributed by atoms with Crippen LogP contribution in [-0.4, -0.2) is 4.98 Å². The van der Waals surface area contributed by atoms with Gasteiger partial charge in [-0.3, -0.25) is 0 Å². The molecule has 0 bridgehead atoms. The van der Waals surface area contributed by atoms with Crippen LogP contribution < -0.4 is 5.73 Å². The van der Waals surface area contributed by atoms with E-state index in [1.54, 1.807) is 11.3 Å². The van der Waals surface area contributed by atoms with Crippen LogP contribution >= 0.6 is 11.3 Å². The van der Waals surface area contributed by atoms with E-state index in [0.29, 0.717) is 0 Å². The summed E-state index contributed by atoms with van der Waals surface area (Å²) in [7, 11) is 0. The second-order valence-corrected chi connectivity index (χ2v) is 10.6.